The van der Waals surface area contributed by atoms with Gasteiger partial charge in [0.2, 0.25) is 0 Å². The van der Waals surface area contributed by atoms with E-state index in [4.69, 9.17) is 4.74 Å². The Balaban J connectivity index is 1.48. The van der Waals surface area contributed by atoms with Crippen LogP contribution in [0, 0.1) is 23.1 Å². The van der Waals surface area contributed by atoms with Crippen LogP contribution in [-0.2, 0) is 10.0 Å². The van der Waals surface area contributed by atoms with E-state index in [0.717, 1.165) is 0 Å². The molecule has 1 saturated heterocycles. The monoisotopic (exact) mass is 521 g/mol. The van der Waals surface area contributed by atoms with E-state index in [-0.39, 0.29) is 34.5 Å². The van der Waals surface area contributed by atoms with Crippen LogP contribution in [-0.4, -0.2) is 52.4 Å². The van der Waals surface area contributed by atoms with Gasteiger partial charge >= 0.3 is 0 Å². The Kier molecular flexibility index (Phi) is 8.21. The molecule has 0 unspecified atom stereocenters. The van der Waals surface area contributed by atoms with Crippen LogP contribution in [0.5, 0.6) is 5.75 Å². The number of nitrogens with zero attached hydrogens (tertiary/aromatic N) is 3. The summed E-state index contributed by atoms with van der Waals surface area (Å²) in [5, 5.41) is 9.63. The Morgan fingerprint density at radius 1 is 1.05 bits per heavy atom. The second-order valence-corrected chi connectivity index (χ2v) is 10.7. The van der Waals surface area contributed by atoms with Crippen molar-refractivity contribution in [2.24, 2.45) is 5.92 Å². The van der Waals surface area contributed by atoms with E-state index in [1.54, 1.807) is 36.4 Å². The van der Waals surface area contributed by atoms with Crippen molar-refractivity contribution < 1.29 is 22.3 Å². The van der Waals surface area contributed by atoms with Crippen molar-refractivity contribution >= 4 is 21.5 Å². The molecular formula is C28H28FN3O4S. The van der Waals surface area contributed by atoms with Crippen molar-refractivity contribution in [1.82, 2.24) is 4.90 Å². The normalized spacial score (nSPS) is 14.6. The Morgan fingerprint density at radius 2 is 1.70 bits per heavy atom. The van der Waals surface area contributed by atoms with E-state index in [0.29, 0.717) is 49.5 Å². The van der Waals surface area contributed by atoms with Crippen LogP contribution in [0.2, 0.25) is 0 Å². The largest absolute Gasteiger partial charge is 0.497 e. The number of carbonyl (C=O) groups is 1. The summed E-state index contributed by atoms with van der Waals surface area (Å²) in [7, 11) is -2.45. The van der Waals surface area contributed by atoms with Gasteiger partial charge in [-0.2, -0.15) is 5.26 Å². The summed E-state index contributed by atoms with van der Waals surface area (Å²) in [5.74, 6) is 0.0194. The highest BCUT2D eigenvalue weighted by Gasteiger charge is 2.30. The third-order valence-electron chi connectivity index (χ3n) is 6.65. The number of piperidine rings is 1. The van der Waals surface area contributed by atoms with Crippen molar-refractivity contribution in [2.45, 2.75) is 17.7 Å². The van der Waals surface area contributed by atoms with E-state index in [1.807, 2.05) is 0 Å². The van der Waals surface area contributed by atoms with E-state index in [2.05, 4.69) is 11.0 Å². The van der Waals surface area contributed by atoms with Crippen molar-refractivity contribution in [3.05, 3.63) is 89.7 Å². The Hall–Kier alpha value is -3.74. The van der Waals surface area contributed by atoms with Crippen LogP contribution < -0.4 is 9.04 Å². The molecule has 3 aromatic carbocycles. The van der Waals surface area contributed by atoms with Gasteiger partial charge < -0.3 is 9.64 Å². The number of hydrogen-bond donors (Lipinski definition) is 0. The first-order chi connectivity index (χ1) is 17.8. The molecule has 192 valence electrons. The molecule has 1 aliphatic rings. The van der Waals surface area contributed by atoms with Gasteiger partial charge in [-0.3, -0.25) is 9.10 Å². The highest BCUT2D eigenvalue weighted by molar-refractivity contribution is 7.92. The van der Waals surface area contributed by atoms with Crippen molar-refractivity contribution in [1.29, 1.82) is 5.26 Å². The average Bonchev–Trinajstić information content (AvgIpc) is 2.93. The number of halogens is 1. The highest BCUT2D eigenvalue weighted by atomic mass is 32.2. The summed E-state index contributed by atoms with van der Waals surface area (Å²) in [6.07, 6.45) is 1.27. The molecule has 0 aliphatic carbocycles. The lowest BCUT2D eigenvalue weighted by Gasteiger charge is -2.33. The van der Waals surface area contributed by atoms with Crippen molar-refractivity contribution in [2.75, 3.05) is 37.6 Å². The maximum atomic E-state index is 13.7. The molecule has 1 fully saturated rings. The van der Waals surface area contributed by atoms with Gasteiger partial charge in [0.05, 0.1) is 23.3 Å². The number of carbonyl (C=O) groups excluding carboxylic acids is 1. The summed E-state index contributed by atoms with van der Waals surface area (Å²) >= 11 is 0. The minimum Gasteiger partial charge on any atom is -0.497 e. The molecule has 0 spiro atoms. The highest BCUT2D eigenvalue weighted by Crippen LogP contribution is 2.28. The summed E-state index contributed by atoms with van der Waals surface area (Å²) in [4.78, 5) is 15.0. The molecule has 0 atom stereocenters. The zero-order valence-electron chi connectivity index (χ0n) is 20.5. The van der Waals surface area contributed by atoms with Crippen LogP contribution in [0.15, 0.2) is 77.7 Å². The summed E-state index contributed by atoms with van der Waals surface area (Å²) in [6, 6.07) is 20.5. The minimum atomic E-state index is -3.96. The molecule has 7 nitrogen and oxygen atoms in total. The van der Waals surface area contributed by atoms with Gasteiger partial charge in [-0.15, -0.1) is 0 Å². The van der Waals surface area contributed by atoms with Gasteiger partial charge in [0, 0.05) is 24.6 Å². The Morgan fingerprint density at radius 3 is 2.32 bits per heavy atom. The first kappa shape index (κ1) is 26.3. The molecule has 1 heterocycles. The first-order valence-electron chi connectivity index (χ1n) is 12.0. The van der Waals surface area contributed by atoms with Gasteiger partial charge in [0.1, 0.15) is 17.6 Å². The Bertz CT molecular complexity index is 1380. The van der Waals surface area contributed by atoms with Crippen LogP contribution in [0.25, 0.3) is 0 Å². The molecule has 37 heavy (non-hydrogen) atoms. The fourth-order valence-corrected chi connectivity index (χ4v) is 6.01. The molecule has 0 saturated carbocycles. The predicted octanol–water partition coefficient (Wildman–Crippen LogP) is 4.50. The maximum absolute atomic E-state index is 13.7. The molecule has 0 bridgehead atoms. The number of rotatable bonds is 9. The predicted molar refractivity (Wildman–Crippen MR) is 139 cm³/mol. The second-order valence-electron chi connectivity index (χ2n) is 8.87. The number of nitriles is 1. The number of hydrogen-bond acceptors (Lipinski definition) is 6. The lowest BCUT2D eigenvalue weighted by atomic mass is 9.89. The number of sulfonamides is 1. The average molecular weight is 522 g/mol. The van der Waals surface area contributed by atoms with E-state index < -0.39 is 10.0 Å². The zero-order chi connectivity index (χ0) is 26.4. The molecule has 0 N–H and O–H groups in total. The maximum Gasteiger partial charge on any atom is 0.264 e. The number of methoxy groups -OCH3 is 1. The van der Waals surface area contributed by atoms with Gasteiger partial charge in [-0.05, 0) is 86.6 Å². The summed E-state index contributed by atoms with van der Waals surface area (Å²) in [6.45, 7) is 1.85. The second kappa shape index (κ2) is 11.5. The quantitative estimate of drug-likeness (QED) is 0.385. The number of para-hydroxylation sites is 1. The molecule has 0 radical (unpaired) electrons. The zero-order valence-corrected chi connectivity index (χ0v) is 21.3. The number of ketones is 1. The molecule has 3 aromatic rings. The van der Waals surface area contributed by atoms with Crippen molar-refractivity contribution in [3.8, 4) is 11.8 Å². The van der Waals surface area contributed by atoms with Gasteiger partial charge in [0.15, 0.2) is 5.78 Å². The number of benzene rings is 3. The number of ether oxygens (including phenoxy) is 1. The van der Waals surface area contributed by atoms with Crippen LogP contribution in [0.3, 0.4) is 0 Å². The topological polar surface area (TPSA) is 90.7 Å². The third kappa shape index (κ3) is 5.98. The van der Waals surface area contributed by atoms with E-state index in [1.165, 1.54) is 47.8 Å². The van der Waals surface area contributed by atoms with Crippen LogP contribution in [0.1, 0.15) is 28.8 Å². The van der Waals surface area contributed by atoms with E-state index in [9.17, 15) is 22.9 Å². The summed E-state index contributed by atoms with van der Waals surface area (Å²) < 4.78 is 47.0. The first-order valence-corrected chi connectivity index (χ1v) is 13.5. The van der Waals surface area contributed by atoms with Gasteiger partial charge in [0.25, 0.3) is 10.0 Å². The lowest BCUT2D eigenvalue weighted by Crippen LogP contribution is -2.43. The van der Waals surface area contributed by atoms with Crippen LogP contribution >= 0.6 is 0 Å². The number of likely N-dealkylation sites (tertiary alicyclic amines) is 1. The standard InChI is InChI=1S/C28H28FN3O4S/c1-36-25-10-12-26(13-11-25)37(34,35)32(27-5-3-2-4-23(27)20-30)19-18-31-16-14-22(15-17-31)28(33)21-6-8-24(29)9-7-21/h2-13,22H,14-19H2,1H3. The molecular weight excluding hydrogens is 493 g/mol. The Labute approximate surface area is 216 Å². The molecule has 1 aliphatic heterocycles. The van der Waals surface area contributed by atoms with E-state index >= 15 is 0 Å². The fourth-order valence-electron chi connectivity index (χ4n) is 4.53. The molecule has 9 heteroatoms. The number of anilines is 1. The SMILES string of the molecule is COc1ccc(S(=O)(=O)N(CCN2CCC(C(=O)c3ccc(F)cc3)CC2)c2ccccc2C#N)cc1. The van der Waals surface area contributed by atoms with Gasteiger partial charge in [-0.1, -0.05) is 12.1 Å². The fraction of sp³-hybridized carbons (Fsp3) is 0.286. The van der Waals surface area contributed by atoms with Crippen LogP contribution in [0.4, 0.5) is 10.1 Å². The van der Waals surface area contributed by atoms with Gasteiger partial charge in [-0.25, -0.2) is 12.8 Å². The van der Waals surface area contributed by atoms with Crippen molar-refractivity contribution in [3.63, 3.8) is 0 Å². The lowest BCUT2D eigenvalue weighted by molar-refractivity contribution is 0.0843. The number of Topliss-reactive ketones (excluding diaryl/α,β-unsaturated/α-hetero) is 1. The molecule has 0 aromatic heterocycles. The molecule has 4 rings (SSSR count). The third-order valence-corrected chi connectivity index (χ3v) is 8.47. The minimum absolute atomic E-state index is 0.00584. The smallest absolute Gasteiger partial charge is 0.264 e. The molecule has 0 amide bonds. The summed E-state index contributed by atoms with van der Waals surface area (Å²) in [5.41, 5.74) is 1.09.